The van der Waals surface area contributed by atoms with Gasteiger partial charge in [0.1, 0.15) is 0 Å². The number of benzene rings is 1. The Hall–Kier alpha value is -1.49. The molecular formula is C16H19NO3S. The van der Waals surface area contributed by atoms with Crippen molar-refractivity contribution in [2.75, 3.05) is 12.3 Å². The van der Waals surface area contributed by atoms with E-state index in [1.54, 1.807) is 18.7 Å². The predicted octanol–water partition coefficient (Wildman–Crippen LogP) is 2.59. The topological polar surface area (TPSA) is 57.6 Å². The van der Waals surface area contributed by atoms with Crippen molar-refractivity contribution >= 4 is 23.6 Å². The summed E-state index contributed by atoms with van der Waals surface area (Å²) in [5.74, 6) is -0.604. The van der Waals surface area contributed by atoms with Crippen molar-refractivity contribution in [1.82, 2.24) is 4.90 Å². The molecule has 1 aromatic carbocycles. The van der Waals surface area contributed by atoms with E-state index in [1.807, 2.05) is 23.1 Å². The second kappa shape index (κ2) is 5.72. The monoisotopic (exact) mass is 305 g/mol. The Morgan fingerprint density at radius 2 is 2.10 bits per heavy atom. The summed E-state index contributed by atoms with van der Waals surface area (Å²) in [6.07, 6.45) is 2.00. The molecule has 0 aromatic heterocycles. The Labute approximate surface area is 128 Å². The van der Waals surface area contributed by atoms with Crippen molar-refractivity contribution in [3.05, 3.63) is 29.8 Å². The molecule has 1 aliphatic carbocycles. The van der Waals surface area contributed by atoms with Gasteiger partial charge in [-0.1, -0.05) is 25.1 Å². The minimum atomic E-state index is -0.838. The van der Waals surface area contributed by atoms with E-state index in [2.05, 4.69) is 6.07 Å². The van der Waals surface area contributed by atoms with Crippen LogP contribution in [0.5, 0.6) is 0 Å². The van der Waals surface area contributed by atoms with Crippen LogP contribution in [0.2, 0.25) is 0 Å². The van der Waals surface area contributed by atoms with E-state index in [0.29, 0.717) is 6.54 Å². The van der Waals surface area contributed by atoms with E-state index >= 15 is 0 Å². The molecule has 1 heterocycles. The van der Waals surface area contributed by atoms with Crippen molar-refractivity contribution < 1.29 is 14.7 Å². The first-order valence-electron chi connectivity index (χ1n) is 7.33. The lowest BCUT2D eigenvalue weighted by molar-refractivity contribution is -0.143. The van der Waals surface area contributed by atoms with Gasteiger partial charge in [0.15, 0.2) is 0 Å². The van der Waals surface area contributed by atoms with Crippen LogP contribution in [-0.4, -0.2) is 40.2 Å². The lowest BCUT2D eigenvalue weighted by Gasteiger charge is -2.27. The normalized spacial score (nSPS) is 21.7. The fourth-order valence-corrected chi connectivity index (χ4v) is 3.97. The number of thioether (sulfide) groups is 1. The van der Waals surface area contributed by atoms with E-state index in [-0.39, 0.29) is 17.9 Å². The number of aliphatic carboxylic acids is 1. The van der Waals surface area contributed by atoms with E-state index in [0.717, 1.165) is 24.2 Å². The first kappa shape index (κ1) is 14.4. The quantitative estimate of drug-likeness (QED) is 0.908. The number of hydrogen-bond donors (Lipinski definition) is 1. The molecule has 5 heteroatoms. The van der Waals surface area contributed by atoms with E-state index in [1.165, 1.54) is 4.90 Å². The van der Waals surface area contributed by atoms with Crippen LogP contribution < -0.4 is 0 Å². The van der Waals surface area contributed by atoms with Gasteiger partial charge >= 0.3 is 5.97 Å². The Bertz CT molecular complexity index is 570. The lowest BCUT2D eigenvalue weighted by atomic mass is 9.99. The first-order chi connectivity index (χ1) is 10.1. The van der Waals surface area contributed by atoms with Crippen LogP contribution in [0, 0.1) is 5.92 Å². The zero-order chi connectivity index (χ0) is 15.0. The van der Waals surface area contributed by atoms with E-state index in [4.69, 9.17) is 5.11 Å². The molecular weight excluding hydrogens is 286 g/mol. The van der Waals surface area contributed by atoms with Crippen molar-refractivity contribution in [3.63, 3.8) is 0 Å². The van der Waals surface area contributed by atoms with Gasteiger partial charge in [0.05, 0.1) is 11.8 Å². The fourth-order valence-electron chi connectivity index (χ4n) is 2.75. The van der Waals surface area contributed by atoms with Gasteiger partial charge in [-0.3, -0.25) is 9.59 Å². The van der Waals surface area contributed by atoms with Gasteiger partial charge in [0, 0.05) is 23.2 Å². The number of carbonyl (C=O) groups is 2. The molecule has 1 fully saturated rings. The zero-order valence-corrected chi connectivity index (χ0v) is 12.8. The number of rotatable bonds is 5. The number of carbonyl (C=O) groups excluding carboxylic acids is 1. The predicted molar refractivity (Wildman–Crippen MR) is 81.4 cm³/mol. The molecule has 1 amide bonds. The smallest absolute Gasteiger partial charge is 0.308 e. The minimum absolute atomic E-state index is 0.100. The van der Waals surface area contributed by atoms with Gasteiger partial charge in [-0.2, -0.15) is 0 Å². The number of carboxylic acids is 1. The molecule has 2 atom stereocenters. The third-order valence-electron chi connectivity index (χ3n) is 4.16. The molecule has 1 N–H and O–H groups in total. The number of nitrogens with zero attached hydrogens (tertiary/aromatic N) is 1. The Kier molecular flexibility index (Phi) is 3.93. The molecule has 1 aromatic rings. The van der Waals surface area contributed by atoms with Crippen molar-refractivity contribution in [2.24, 2.45) is 5.92 Å². The number of fused-ring (bicyclic) bond motifs is 1. The summed E-state index contributed by atoms with van der Waals surface area (Å²) in [6.45, 7) is 1.99. The molecule has 0 spiro atoms. The maximum absolute atomic E-state index is 12.9. The molecule has 0 unspecified atom stereocenters. The summed E-state index contributed by atoms with van der Waals surface area (Å²) in [5, 5.41) is 9.10. The van der Waals surface area contributed by atoms with Gasteiger partial charge in [0.25, 0.3) is 0 Å². The third kappa shape index (κ3) is 2.93. The second-order valence-corrected chi connectivity index (χ2v) is 6.92. The van der Waals surface area contributed by atoms with Crippen molar-refractivity contribution in [1.29, 1.82) is 0 Å². The maximum Gasteiger partial charge on any atom is 0.308 e. The van der Waals surface area contributed by atoms with E-state index < -0.39 is 11.9 Å². The van der Waals surface area contributed by atoms with E-state index in [9.17, 15) is 9.59 Å². The number of carboxylic acid groups (broad SMARTS) is 1. The summed E-state index contributed by atoms with van der Waals surface area (Å²) in [5.41, 5.74) is 1.10. The number of amides is 1. The molecule has 4 nitrogen and oxygen atoms in total. The second-order valence-electron chi connectivity index (χ2n) is 5.86. The van der Waals surface area contributed by atoms with Crippen LogP contribution in [0.15, 0.2) is 29.2 Å². The molecule has 112 valence electrons. The average Bonchev–Trinajstić information content (AvgIpc) is 3.22. The molecule has 0 saturated heterocycles. The highest BCUT2D eigenvalue weighted by molar-refractivity contribution is 7.99. The summed E-state index contributed by atoms with van der Waals surface area (Å²) in [4.78, 5) is 26.9. The SMILES string of the molecule is C[C@H](CN(C(=O)[C@@H]1CSc2ccccc21)C1CC1)C(=O)O. The summed E-state index contributed by atoms with van der Waals surface area (Å²) < 4.78 is 0. The first-order valence-corrected chi connectivity index (χ1v) is 8.31. The van der Waals surface area contributed by atoms with Gasteiger partial charge < -0.3 is 10.0 Å². The molecule has 2 aliphatic rings. The lowest BCUT2D eigenvalue weighted by Crippen LogP contribution is -2.41. The molecule has 1 aliphatic heterocycles. The van der Waals surface area contributed by atoms with Crippen LogP contribution in [0.1, 0.15) is 31.2 Å². The molecule has 1 saturated carbocycles. The highest BCUT2D eigenvalue weighted by Gasteiger charge is 2.39. The van der Waals surface area contributed by atoms with Crippen LogP contribution in [0.25, 0.3) is 0 Å². The maximum atomic E-state index is 12.9. The molecule has 0 bridgehead atoms. The molecule has 21 heavy (non-hydrogen) atoms. The van der Waals surface area contributed by atoms with Gasteiger partial charge in [-0.05, 0) is 24.5 Å². The minimum Gasteiger partial charge on any atom is -0.481 e. The highest BCUT2D eigenvalue weighted by atomic mass is 32.2. The average molecular weight is 305 g/mol. The van der Waals surface area contributed by atoms with Crippen LogP contribution in [0.3, 0.4) is 0 Å². The zero-order valence-electron chi connectivity index (χ0n) is 12.0. The standard InChI is InChI=1S/C16H19NO3S/c1-10(16(19)20)8-17(11-6-7-11)15(18)13-9-21-14-5-3-2-4-12(13)14/h2-5,10-11,13H,6-9H2,1H3,(H,19,20)/t10-,13-/m1/s1. The van der Waals surface area contributed by atoms with Crippen LogP contribution in [0.4, 0.5) is 0 Å². The van der Waals surface area contributed by atoms with Gasteiger partial charge in [0.2, 0.25) is 5.91 Å². The number of hydrogen-bond acceptors (Lipinski definition) is 3. The van der Waals surface area contributed by atoms with Gasteiger partial charge in [-0.25, -0.2) is 0 Å². The van der Waals surface area contributed by atoms with Crippen LogP contribution in [-0.2, 0) is 9.59 Å². The van der Waals surface area contributed by atoms with Gasteiger partial charge in [-0.15, -0.1) is 11.8 Å². The third-order valence-corrected chi connectivity index (χ3v) is 5.34. The van der Waals surface area contributed by atoms with Crippen molar-refractivity contribution in [2.45, 2.75) is 36.6 Å². The fraction of sp³-hybridized carbons (Fsp3) is 0.500. The summed E-state index contributed by atoms with van der Waals surface area (Å²) >= 11 is 1.72. The Balaban J connectivity index is 1.78. The highest BCUT2D eigenvalue weighted by Crippen LogP contribution is 2.41. The van der Waals surface area contributed by atoms with Crippen LogP contribution >= 0.6 is 11.8 Å². The molecule has 3 rings (SSSR count). The Morgan fingerprint density at radius 3 is 2.76 bits per heavy atom. The van der Waals surface area contributed by atoms with Crippen molar-refractivity contribution in [3.8, 4) is 0 Å². The largest absolute Gasteiger partial charge is 0.481 e. The Morgan fingerprint density at radius 1 is 1.38 bits per heavy atom. The summed E-state index contributed by atoms with van der Waals surface area (Å²) in [7, 11) is 0. The molecule has 0 radical (unpaired) electrons. The summed E-state index contributed by atoms with van der Waals surface area (Å²) in [6, 6.07) is 8.27.